The zero-order valence-corrected chi connectivity index (χ0v) is 38.8. The molecule has 4 atom stereocenters. The Morgan fingerprint density at radius 3 is 0.971 bits per heavy atom. The molecule has 9 nitrogen and oxygen atoms in total. The van der Waals surface area contributed by atoms with Crippen molar-refractivity contribution in [1.82, 2.24) is 5.06 Å². The highest BCUT2D eigenvalue weighted by Crippen LogP contribution is 2.41. The Kier molecular flexibility index (Phi) is 16.2. The zero-order valence-electron chi connectivity index (χ0n) is 38.8. The van der Waals surface area contributed by atoms with E-state index in [1.807, 2.05) is 176 Å². The van der Waals surface area contributed by atoms with Gasteiger partial charge < -0.3 is 23.7 Å². The predicted octanol–water partition coefficient (Wildman–Crippen LogP) is 11.6. The van der Waals surface area contributed by atoms with Gasteiger partial charge in [-0.2, -0.15) is 0 Å². The number of hydroxylamine groups is 2. The Morgan fingerprint density at radius 1 is 0.343 bits per heavy atom. The second-order valence-electron chi connectivity index (χ2n) is 17.0. The van der Waals surface area contributed by atoms with E-state index in [9.17, 15) is 9.59 Å². The van der Waals surface area contributed by atoms with Gasteiger partial charge in [-0.3, -0.25) is 14.4 Å². The van der Waals surface area contributed by atoms with Gasteiger partial charge in [-0.1, -0.05) is 224 Å². The number of ether oxygens (including phenoxy) is 5. The van der Waals surface area contributed by atoms with Gasteiger partial charge >= 0.3 is 0 Å². The maximum absolute atomic E-state index is 13.8. The van der Waals surface area contributed by atoms with Gasteiger partial charge in [-0.15, -0.1) is 5.06 Å². The Hall–Kier alpha value is -7.34. The summed E-state index contributed by atoms with van der Waals surface area (Å²) < 4.78 is 35.9. The minimum atomic E-state index is -1.11. The Balaban J connectivity index is 1.16. The second kappa shape index (κ2) is 23.8. The van der Waals surface area contributed by atoms with E-state index in [1.165, 1.54) is 0 Å². The van der Waals surface area contributed by atoms with Gasteiger partial charge in [0.2, 0.25) is 0 Å². The molecule has 70 heavy (non-hydrogen) atoms. The van der Waals surface area contributed by atoms with Crippen molar-refractivity contribution in [3.05, 3.63) is 287 Å². The number of benzene rings is 8. The molecule has 8 aromatic rings. The van der Waals surface area contributed by atoms with Crippen molar-refractivity contribution in [2.75, 3.05) is 13.2 Å². The summed E-state index contributed by atoms with van der Waals surface area (Å²) in [5.74, 6) is -1.12. The summed E-state index contributed by atoms with van der Waals surface area (Å²) in [5.41, 5.74) is 5.86. The van der Waals surface area contributed by atoms with Crippen LogP contribution in [-0.2, 0) is 60.6 Å². The van der Waals surface area contributed by atoms with Gasteiger partial charge in [-0.25, -0.2) is 0 Å². The molecule has 0 radical (unpaired) electrons. The monoisotopic (exact) mass is 929 g/mol. The van der Waals surface area contributed by atoms with Crippen LogP contribution in [0.15, 0.2) is 237 Å². The second-order valence-corrected chi connectivity index (χ2v) is 17.0. The van der Waals surface area contributed by atoms with Crippen molar-refractivity contribution in [2.24, 2.45) is 0 Å². The van der Waals surface area contributed by atoms with Crippen LogP contribution in [0, 0.1) is 0 Å². The molecule has 0 aliphatic carbocycles. The first-order valence-electron chi connectivity index (χ1n) is 23.6. The molecular formula is C61H55NO8. The molecule has 0 fully saturated rings. The number of carbonyl (C=O) groups is 2. The van der Waals surface area contributed by atoms with E-state index in [0.29, 0.717) is 0 Å². The summed E-state index contributed by atoms with van der Waals surface area (Å²) in [7, 11) is 0. The highest BCUT2D eigenvalue weighted by atomic mass is 16.7. The molecule has 9 rings (SSSR count). The molecule has 0 N–H and O–H groups in total. The number of imide groups is 1. The van der Waals surface area contributed by atoms with Crippen molar-refractivity contribution in [3.63, 3.8) is 0 Å². The highest BCUT2D eigenvalue weighted by molar-refractivity contribution is 6.20. The summed E-state index contributed by atoms with van der Waals surface area (Å²) in [5, 5.41) is 0.818. The predicted molar refractivity (Wildman–Crippen MR) is 268 cm³/mol. The number of hydrogen-bond donors (Lipinski definition) is 0. The Labute approximate surface area is 409 Å². The summed E-state index contributed by atoms with van der Waals surface area (Å²) in [6.07, 6.45) is -3.70. The fourth-order valence-corrected chi connectivity index (χ4v) is 8.80. The first-order valence-corrected chi connectivity index (χ1v) is 23.6. The smallest absolute Gasteiger partial charge is 0.285 e. The summed E-state index contributed by atoms with van der Waals surface area (Å²) in [4.78, 5) is 33.9. The number of fused-ring (bicyclic) bond motifs is 1. The first kappa shape index (κ1) is 47.7. The fraction of sp³-hybridized carbons (Fsp3) is 0.180. The maximum atomic E-state index is 13.8. The molecule has 1 heterocycles. The van der Waals surface area contributed by atoms with E-state index in [2.05, 4.69) is 36.4 Å². The normalized spacial score (nSPS) is 14.2. The van der Waals surface area contributed by atoms with Crippen molar-refractivity contribution in [3.8, 4) is 0 Å². The topological polar surface area (TPSA) is 92.8 Å². The lowest BCUT2D eigenvalue weighted by atomic mass is 9.80. The average molecular weight is 930 g/mol. The first-order chi connectivity index (χ1) is 34.6. The third-order valence-electron chi connectivity index (χ3n) is 12.4. The molecule has 0 unspecified atom stereocenters. The summed E-state index contributed by atoms with van der Waals surface area (Å²) >= 11 is 0. The standard InChI is InChI=1S/C61H55NO8/c63-59-53-38-22-23-39-54(53)60(64)62(59)70-45-56(66-41-47-26-10-2-11-27-47)58(68-43-49-30-14-4-15-31-49)57(67-42-48-28-12-3-13-29-48)55(65-40-46-24-8-1-9-25-46)44-69-61(50-32-16-5-17-33-50,51-34-18-6-19-35-51)52-36-20-7-21-37-52/h1-39,55-58H,40-45H2/t55-,56-,57-,58-/m1/s1. The van der Waals surface area contributed by atoms with Crippen LogP contribution in [0.2, 0.25) is 0 Å². The van der Waals surface area contributed by atoms with E-state index in [0.717, 1.165) is 44.0 Å². The van der Waals surface area contributed by atoms with Gasteiger partial charge in [0.1, 0.15) is 36.6 Å². The van der Waals surface area contributed by atoms with Crippen molar-refractivity contribution >= 4 is 11.8 Å². The Bertz CT molecular complexity index is 2710. The largest absolute Gasteiger partial charge is 0.368 e. The summed E-state index contributed by atoms with van der Waals surface area (Å²) in [6, 6.07) is 76.8. The third-order valence-corrected chi connectivity index (χ3v) is 12.4. The van der Waals surface area contributed by atoms with Gasteiger partial charge in [0.15, 0.2) is 0 Å². The molecule has 0 bridgehead atoms. The molecule has 0 spiro atoms. The van der Waals surface area contributed by atoms with Crippen LogP contribution in [0.25, 0.3) is 0 Å². The molecule has 0 aromatic heterocycles. The van der Waals surface area contributed by atoms with Crippen LogP contribution in [0.1, 0.15) is 59.7 Å². The molecule has 352 valence electrons. The molecular weight excluding hydrogens is 875 g/mol. The molecule has 0 saturated carbocycles. The number of nitrogens with zero attached hydrogens (tertiary/aromatic N) is 1. The number of hydrogen-bond acceptors (Lipinski definition) is 8. The zero-order chi connectivity index (χ0) is 47.8. The van der Waals surface area contributed by atoms with Gasteiger partial charge in [-0.05, 0) is 51.1 Å². The van der Waals surface area contributed by atoms with E-state index in [-0.39, 0.29) is 50.8 Å². The van der Waals surface area contributed by atoms with Crippen molar-refractivity contribution in [2.45, 2.75) is 56.4 Å². The third kappa shape index (κ3) is 11.6. The minimum absolute atomic E-state index is 0.000832. The van der Waals surface area contributed by atoms with Crippen LogP contribution in [0.5, 0.6) is 0 Å². The maximum Gasteiger partial charge on any atom is 0.285 e. The van der Waals surface area contributed by atoms with E-state index in [1.54, 1.807) is 24.3 Å². The molecule has 0 saturated heterocycles. The van der Waals surface area contributed by atoms with Crippen molar-refractivity contribution in [1.29, 1.82) is 0 Å². The lowest BCUT2D eigenvalue weighted by molar-refractivity contribution is -0.222. The number of carbonyl (C=O) groups excluding carboxylic acids is 2. The molecule has 9 heteroatoms. The van der Waals surface area contributed by atoms with Crippen molar-refractivity contribution < 1.29 is 38.1 Å². The molecule has 1 aliphatic rings. The van der Waals surface area contributed by atoms with Crippen LogP contribution < -0.4 is 0 Å². The highest BCUT2D eigenvalue weighted by Gasteiger charge is 2.44. The van der Waals surface area contributed by atoms with E-state index < -0.39 is 41.8 Å². The van der Waals surface area contributed by atoms with E-state index >= 15 is 0 Å². The average Bonchev–Trinajstić information content (AvgIpc) is 3.67. The molecule has 2 amide bonds. The van der Waals surface area contributed by atoms with Gasteiger partial charge in [0.05, 0.1) is 44.2 Å². The van der Waals surface area contributed by atoms with Crippen LogP contribution >= 0.6 is 0 Å². The molecule has 8 aromatic carbocycles. The quantitative estimate of drug-likeness (QED) is 0.0437. The van der Waals surface area contributed by atoms with Crippen LogP contribution in [0.3, 0.4) is 0 Å². The summed E-state index contributed by atoms with van der Waals surface area (Å²) in [6.45, 7) is 0.426. The van der Waals surface area contributed by atoms with Gasteiger partial charge in [0, 0.05) is 0 Å². The fourth-order valence-electron chi connectivity index (χ4n) is 8.80. The van der Waals surface area contributed by atoms with Crippen LogP contribution in [0.4, 0.5) is 0 Å². The lowest BCUT2D eigenvalue weighted by Crippen LogP contribution is -2.53. The van der Waals surface area contributed by atoms with E-state index in [4.69, 9.17) is 28.5 Å². The van der Waals surface area contributed by atoms with Gasteiger partial charge in [0.25, 0.3) is 11.8 Å². The SMILES string of the molecule is O=C1c2ccccc2C(=O)N1OC[C@@H](OCc1ccccc1)[C@@H](OCc1ccccc1)[C@H](OCc1ccccc1)[C@@H](COC(c1ccccc1)(c1ccccc1)c1ccccc1)OCc1ccccc1. The molecule has 1 aliphatic heterocycles. The lowest BCUT2D eigenvalue weighted by Gasteiger charge is -2.41. The van der Waals surface area contributed by atoms with Crippen LogP contribution in [-0.4, -0.2) is 54.5 Å². The number of rotatable bonds is 24. The Morgan fingerprint density at radius 2 is 0.629 bits per heavy atom. The minimum Gasteiger partial charge on any atom is -0.368 e. The number of amides is 2.